The maximum atomic E-state index is 12.1. The second kappa shape index (κ2) is 25.2. The number of carbonyl (C=O) groups is 2. The predicted octanol–water partition coefficient (Wildman–Crippen LogP) is 11.8. The molecule has 0 unspecified atom stereocenters. The fraction of sp³-hybridized carbons (Fsp3) is 0.824. The molecule has 0 spiro atoms. The first-order valence-electron chi connectivity index (χ1n) is 16.5. The number of carbonyl (C=O) groups excluding carboxylic acids is 2. The fourth-order valence-electron chi connectivity index (χ4n) is 6.18. The van der Waals surface area contributed by atoms with Crippen molar-refractivity contribution >= 4 is 48.3 Å². The van der Waals surface area contributed by atoms with E-state index in [1.807, 2.05) is 6.08 Å². The van der Waals surface area contributed by atoms with Crippen molar-refractivity contribution < 1.29 is 9.59 Å². The van der Waals surface area contributed by atoms with Gasteiger partial charge < -0.3 is 0 Å². The first-order chi connectivity index (χ1) is 18.1. The monoisotopic (exact) mass is 748 g/mol. The molecule has 224 valence electrons. The van der Waals surface area contributed by atoms with E-state index < -0.39 is 36.8 Å². The standard InChI is InChI=1S/2C5H7O.6C4H9.2Sn/c2*1-3-4-5(2)6;6*1-3-4-2;;/h4H,1-2H3;3H,1-2H3;6*1,3-4H2,2H3;;. The minimum absolute atomic E-state index is 0.253. The molecule has 0 rings (SSSR count). The Labute approximate surface area is 248 Å². The van der Waals surface area contributed by atoms with Gasteiger partial charge >= 0.3 is 250 Å². The van der Waals surface area contributed by atoms with Crippen LogP contribution in [0.1, 0.15) is 146 Å². The van der Waals surface area contributed by atoms with Crippen LogP contribution in [0.4, 0.5) is 0 Å². The van der Waals surface area contributed by atoms with E-state index in [2.05, 4.69) is 61.5 Å². The summed E-state index contributed by atoms with van der Waals surface area (Å²) < 4.78 is 11.4. The van der Waals surface area contributed by atoms with Crippen LogP contribution in [0.5, 0.6) is 0 Å². The summed E-state index contributed by atoms with van der Waals surface area (Å²) in [5, 5.41) is 0. The molecule has 0 saturated carbocycles. The molecule has 0 heterocycles. The number of allylic oxidation sites excluding steroid dienone is 4. The molecule has 0 N–H and O–H groups in total. The number of hydrogen-bond acceptors (Lipinski definition) is 2. The third-order valence-corrected chi connectivity index (χ3v) is 41.3. The Hall–Kier alpha value is 0.417. The van der Waals surface area contributed by atoms with Crippen molar-refractivity contribution in [3.8, 4) is 0 Å². The molecule has 0 atom stereocenters. The van der Waals surface area contributed by atoms with Gasteiger partial charge in [0.05, 0.1) is 0 Å². The molecule has 0 aromatic carbocycles. The number of hydrogen-bond donors (Lipinski definition) is 0. The summed E-state index contributed by atoms with van der Waals surface area (Å²) in [5.74, 6) is 0.629. The Balaban J connectivity index is 0. The number of rotatable bonds is 22. The van der Waals surface area contributed by atoms with E-state index in [4.69, 9.17) is 0 Å². The van der Waals surface area contributed by atoms with Crippen LogP contribution in [-0.2, 0) is 9.59 Å². The van der Waals surface area contributed by atoms with Crippen LogP contribution in [-0.4, -0.2) is 48.3 Å². The topological polar surface area (TPSA) is 34.1 Å². The van der Waals surface area contributed by atoms with E-state index in [0.29, 0.717) is 5.78 Å². The molecular weight excluding hydrogens is 678 g/mol. The number of Topliss-reactive ketones (excluding diaryl/α,β-unsaturated/α-hetero) is 1. The molecule has 38 heavy (non-hydrogen) atoms. The van der Waals surface area contributed by atoms with Crippen LogP contribution in [0, 0.1) is 0 Å². The van der Waals surface area contributed by atoms with Crippen molar-refractivity contribution in [1.29, 1.82) is 0 Å². The van der Waals surface area contributed by atoms with Crippen molar-refractivity contribution in [3.63, 3.8) is 0 Å². The minimum atomic E-state index is -2.41. The van der Waals surface area contributed by atoms with Gasteiger partial charge in [-0.3, -0.25) is 0 Å². The molecule has 4 heteroatoms. The van der Waals surface area contributed by atoms with E-state index in [9.17, 15) is 9.59 Å². The zero-order valence-electron chi connectivity index (χ0n) is 27.7. The van der Waals surface area contributed by atoms with Crippen molar-refractivity contribution in [3.05, 3.63) is 19.3 Å². The Kier molecular flexibility index (Phi) is 26.8. The third kappa shape index (κ3) is 16.6. The van der Waals surface area contributed by atoms with Gasteiger partial charge in [0, 0.05) is 0 Å². The first-order valence-corrected chi connectivity index (χ1v) is 31.4. The summed E-state index contributed by atoms with van der Waals surface area (Å²) >= 11 is -4.65. The molecule has 0 aliphatic carbocycles. The summed E-state index contributed by atoms with van der Waals surface area (Å²) in [7, 11) is 0. The van der Waals surface area contributed by atoms with Crippen LogP contribution in [0.15, 0.2) is 19.3 Å². The van der Waals surface area contributed by atoms with E-state index in [-0.39, 0.29) is 5.78 Å². The summed E-state index contributed by atoms with van der Waals surface area (Å²) in [6.07, 6.45) is 19.9. The van der Waals surface area contributed by atoms with Gasteiger partial charge in [-0.2, -0.15) is 0 Å². The van der Waals surface area contributed by atoms with Gasteiger partial charge in [-0.25, -0.2) is 0 Å². The fourth-order valence-corrected chi connectivity index (χ4v) is 39.1. The Bertz CT molecular complexity index is 634. The molecule has 0 aliphatic rings. The maximum absolute atomic E-state index is 12.1. The summed E-state index contributed by atoms with van der Waals surface area (Å²) in [5.41, 5.74) is 0. The summed E-state index contributed by atoms with van der Waals surface area (Å²) in [6, 6.07) is 0. The summed E-state index contributed by atoms with van der Waals surface area (Å²) in [6.45, 7) is 21.6. The zero-order chi connectivity index (χ0) is 29.5. The van der Waals surface area contributed by atoms with Crippen LogP contribution in [0.25, 0.3) is 0 Å². The molecule has 2 nitrogen and oxygen atoms in total. The summed E-state index contributed by atoms with van der Waals surface area (Å²) in [4.78, 5) is 23.6. The van der Waals surface area contributed by atoms with E-state index in [1.54, 1.807) is 13.8 Å². The van der Waals surface area contributed by atoms with Crippen LogP contribution >= 0.6 is 0 Å². The van der Waals surface area contributed by atoms with Crippen molar-refractivity contribution in [2.24, 2.45) is 0 Å². The van der Waals surface area contributed by atoms with Gasteiger partial charge in [-0.1, -0.05) is 0 Å². The van der Waals surface area contributed by atoms with E-state index >= 15 is 0 Å². The van der Waals surface area contributed by atoms with Crippen LogP contribution < -0.4 is 0 Å². The average molecular weight is 746 g/mol. The molecule has 0 aliphatic heterocycles. The Morgan fingerprint density at radius 1 is 0.526 bits per heavy atom. The molecule has 0 amide bonds. The van der Waals surface area contributed by atoms with Crippen LogP contribution in [0.3, 0.4) is 0 Å². The molecule has 0 bridgehead atoms. The van der Waals surface area contributed by atoms with E-state index in [1.165, 1.54) is 111 Å². The predicted molar refractivity (Wildman–Crippen MR) is 179 cm³/mol. The van der Waals surface area contributed by atoms with E-state index in [0.717, 1.165) is 0 Å². The van der Waals surface area contributed by atoms with Gasteiger partial charge in [0.25, 0.3) is 0 Å². The van der Waals surface area contributed by atoms with Crippen LogP contribution in [0.2, 0.25) is 26.6 Å². The number of unbranched alkanes of at least 4 members (excludes halogenated alkanes) is 6. The van der Waals surface area contributed by atoms with Gasteiger partial charge in [-0.05, 0) is 0 Å². The quantitative estimate of drug-likeness (QED) is 0.0817. The van der Waals surface area contributed by atoms with Crippen molar-refractivity contribution in [2.75, 3.05) is 0 Å². The normalized spacial score (nSPS) is 12.8. The van der Waals surface area contributed by atoms with Gasteiger partial charge in [0.1, 0.15) is 0 Å². The first kappa shape index (κ1) is 40.6. The second-order valence-corrected chi connectivity index (χ2v) is 38.8. The van der Waals surface area contributed by atoms with Gasteiger partial charge in [0.2, 0.25) is 0 Å². The zero-order valence-corrected chi connectivity index (χ0v) is 33.4. The molecule has 0 aromatic rings. The Morgan fingerprint density at radius 2 is 0.816 bits per heavy atom. The molecule has 0 aromatic heterocycles. The molecule has 0 fully saturated rings. The van der Waals surface area contributed by atoms with Gasteiger partial charge in [-0.15, -0.1) is 0 Å². The molecular formula is C34H68O2Sn2. The molecule has 0 radical (unpaired) electrons. The SMILES string of the molecule is C/C=[C](/C(C)=O)[Sn]([CH2]CCC)([CH2]CCC)[CH2]CCC.CCC[CH2][Sn]([CH2]CCC)([CH2]CCC)/[C](C)=C\C(C)=O. The molecule has 0 saturated heterocycles. The number of ketones is 2. The third-order valence-electron chi connectivity index (χ3n) is 8.55. The van der Waals surface area contributed by atoms with Crippen molar-refractivity contribution in [1.82, 2.24) is 0 Å². The Morgan fingerprint density at radius 3 is 1.03 bits per heavy atom. The second-order valence-electron chi connectivity index (χ2n) is 11.9. The van der Waals surface area contributed by atoms with Gasteiger partial charge in [0.15, 0.2) is 0 Å². The average Bonchev–Trinajstić information content (AvgIpc) is 2.89. The van der Waals surface area contributed by atoms with Crippen molar-refractivity contribution in [2.45, 2.75) is 173 Å².